The zero-order valence-electron chi connectivity index (χ0n) is 10.0. The molecule has 0 heterocycles. The van der Waals surface area contributed by atoms with Crippen molar-refractivity contribution in [2.45, 2.75) is 30.6 Å². The fraction of sp³-hybridized carbons (Fsp3) is 0.500. The smallest absolute Gasteiger partial charge is 0.211 e. The van der Waals surface area contributed by atoms with Crippen molar-refractivity contribution in [1.29, 1.82) is 0 Å². The Kier molecular flexibility index (Phi) is 7.10. The third kappa shape index (κ3) is 5.62. The van der Waals surface area contributed by atoms with E-state index in [-0.39, 0.29) is 4.90 Å². The monoisotopic (exact) mass is 385 g/mol. The molecule has 0 aromatic heterocycles. The molecule has 1 aromatic rings. The van der Waals surface area contributed by atoms with Gasteiger partial charge in [0.1, 0.15) is 5.82 Å². The molecule has 0 fully saturated rings. The highest BCUT2D eigenvalue weighted by Crippen LogP contribution is 2.09. The number of nitrogens with one attached hydrogen (secondary N) is 1. The molecule has 0 unspecified atom stereocenters. The van der Waals surface area contributed by atoms with Gasteiger partial charge in [-0.1, -0.05) is 35.4 Å². The van der Waals surface area contributed by atoms with Crippen LogP contribution < -0.4 is 4.72 Å². The van der Waals surface area contributed by atoms with Crippen LogP contribution in [0.25, 0.3) is 0 Å². The largest absolute Gasteiger partial charge is 0.240 e. The van der Waals surface area contributed by atoms with Gasteiger partial charge in [0.15, 0.2) is 0 Å². The lowest BCUT2D eigenvalue weighted by Crippen LogP contribution is -2.24. The van der Waals surface area contributed by atoms with E-state index in [4.69, 9.17) is 0 Å². The van der Waals surface area contributed by atoms with Crippen LogP contribution in [0.15, 0.2) is 29.2 Å². The first-order valence-electron chi connectivity index (χ1n) is 5.87. The van der Waals surface area contributed by atoms with E-state index in [1.807, 2.05) is 0 Å². The SMILES string of the molecule is O=S(=O)(NCCCCCCI)c1ccc(F)cc1. The van der Waals surface area contributed by atoms with E-state index in [0.29, 0.717) is 6.54 Å². The Hall–Kier alpha value is -0.210. The first-order valence-corrected chi connectivity index (χ1v) is 8.88. The molecule has 0 bridgehead atoms. The van der Waals surface area contributed by atoms with Crippen LogP contribution in [0.4, 0.5) is 4.39 Å². The summed E-state index contributed by atoms with van der Waals surface area (Å²) in [4.78, 5) is 0.108. The van der Waals surface area contributed by atoms with Gasteiger partial charge in [0.05, 0.1) is 4.90 Å². The Bertz CT molecular complexity index is 448. The van der Waals surface area contributed by atoms with Crippen molar-refractivity contribution >= 4 is 32.6 Å². The quantitative estimate of drug-likeness (QED) is 0.425. The Balaban J connectivity index is 2.38. The van der Waals surface area contributed by atoms with Gasteiger partial charge < -0.3 is 0 Å². The number of hydrogen-bond donors (Lipinski definition) is 1. The summed E-state index contributed by atoms with van der Waals surface area (Å²) in [7, 11) is -3.49. The van der Waals surface area contributed by atoms with E-state index in [1.165, 1.54) is 18.6 Å². The standard InChI is InChI=1S/C12H17FINO2S/c13-11-5-7-12(8-6-11)18(16,17)15-10-4-2-1-3-9-14/h5-8,15H,1-4,9-10H2. The van der Waals surface area contributed by atoms with Crippen molar-refractivity contribution in [3.63, 3.8) is 0 Å². The van der Waals surface area contributed by atoms with Crippen molar-refractivity contribution in [3.05, 3.63) is 30.1 Å². The predicted molar refractivity (Wildman–Crippen MR) is 78.9 cm³/mol. The first kappa shape index (κ1) is 15.8. The van der Waals surface area contributed by atoms with E-state index in [0.717, 1.165) is 35.8 Å². The summed E-state index contributed by atoms with van der Waals surface area (Å²) in [5.41, 5.74) is 0. The molecule has 18 heavy (non-hydrogen) atoms. The first-order chi connectivity index (χ1) is 8.56. The number of alkyl halides is 1. The summed E-state index contributed by atoms with van der Waals surface area (Å²) in [5, 5.41) is 0. The van der Waals surface area contributed by atoms with Gasteiger partial charge in [-0.15, -0.1) is 0 Å². The molecule has 0 spiro atoms. The van der Waals surface area contributed by atoms with E-state index >= 15 is 0 Å². The zero-order valence-corrected chi connectivity index (χ0v) is 13.0. The highest BCUT2D eigenvalue weighted by Gasteiger charge is 2.12. The Morgan fingerprint density at radius 1 is 1.06 bits per heavy atom. The van der Waals surface area contributed by atoms with Gasteiger partial charge in [0.2, 0.25) is 10.0 Å². The predicted octanol–water partition coefficient (Wildman–Crippen LogP) is 3.10. The van der Waals surface area contributed by atoms with Crippen molar-refractivity contribution < 1.29 is 12.8 Å². The number of rotatable bonds is 8. The average Bonchev–Trinajstić information content (AvgIpc) is 2.34. The van der Waals surface area contributed by atoms with Gasteiger partial charge in [0, 0.05) is 6.54 Å². The van der Waals surface area contributed by atoms with Crippen molar-refractivity contribution in [2.24, 2.45) is 0 Å². The van der Waals surface area contributed by atoms with Crippen LogP contribution in [0.1, 0.15) is 25.7 Å². The minimum atomic E-state index is -3.49. The fourth-order valence-electron chi connectivity index (χ4n) is 1.48. The molecule has 0 radical (unpaired) electrons. The van der Waals surface area contributed by atoms with Crippen molar-refractivity contribution in [2.75, 3.05) is 11.0 Å². The molecule has 0 atom stereocenters. The Labute approximate surface area is 121 Å². The van der Waals surface area contributed by atoms with Gasteiger partial charge >= 0.3 is 0 Å². The van der Waals surface area contributed by atoms with Gasteiger partial charge in [-0.2, -0.15) is 0 Å². The number of benzene rings is 1. The lowest BCUT2D eigenvalue weighted by molar-refractivity contribution is 0.573. The molecule has 1 aromatic carbocycles. The summed E-state index contributed by atoms with van der Waals surface area (Å²) in [6.07, 6.45) is 4.15. The number of halogens is 2. The van der Waals surface area contributed by atoms with Crippen LogP contribution >= 0.6 is 22.6 Å². The molecule has 102 valence electrons. The van der Waals surface area contributed by atoms with Gasteiger partial charge in [-0.3, -0.25) is 0 Å². The van der Waals surface area contributed by atoms with Gasteiger partial charge in [0.25, 0.3) is 0 Å². The zero-order chi connectivity index (χ0) is 13.4. The molecule has 1 N–H and O–H groups in total. The summed E-state index contributed by atoms with van der Waals surface area (Å²) < 4.78 is 39.9. The summed E-state index contributed by atoms with van der Waals surface area (Å²) >= 11 is 2.33. The summed E-state index contributed by atoms with van der Waals surface area (Å²) in [6, 6.07) is 4.84. The number of unbranched alkanes of at least 4 members (excludes halogenated alkanes) is 3. The molecular weight excluding hydrogens is 368 g/mol. The molecule has 0 aliphatic rings. The normalized spacial score (nSPS) is 11.7. The van der Waals surface area contributed by atoms with Crippen molar-refractivity contribution in [3.8, 4) is 0 Å². The lowest BCUT2D eigenvalue weighted by Gasteiger charge is -2.06. The van der Waals surface area contributed by atoms with E-state index < -0.39 is 15.8 Å². The number of hydrogen-bond acceptors (Lipinski definition) is 2. The fourth-order valence-corrected chi connectivity index (χ4v) is 3.09. The minimum Gasteiger partial charge on any atom is -0.211 e. The molecule has 0 amide bonds. The molecule has 6 heteroatoms. The highest BCUT2D eigenvalue weighted by molar-refractivity contribution is 14.1. The highest BCUT2D eigenvalue weighted by atomic mass is 127. The van der Waals surface area contributed by atoms with E-state index in [1.54, 1.807) is 0 Å². The molecular formula is C12H17FINO2S. The van der Waals surface area contributed by atoms with Crippen LogP contribution in [-0.2, 0) is 10.0 Å². The maximum atomic E-state index is 12.7. The molecule has 0 saturated heterocycles. The molecule has 1 rings (SSSR count). The number of sulfonamides is 1. The van der Waals surface area contributed by atoms with Crippen LogP contribution in [0.3, 0.4) is 0 Å². The third-order valence-electron chi connectivity index (χ3n) is 2.48. The second-order valence-electron chi connectivity index (χ2n) is 3.95. The summed E-state index contributed by atoms with van der Waals surface area (Å²) in [6.45, 7) is 0.432. The lowest BCUT2D eigenvalue weighted by atomic mass is 10.2. The van der Waals surface area contributed by atoms with Crippen LogP contribution in [0.5, 0.6) is 0 Å². The second kappa shape index (κ2) is 8.06. The molecule has 3 nitrogen and oxygen atoms in total. The van der Waals surface area contributed by atoms with Gasteiger partial charge in [-0.05, 0) is 41.5 Å². The Morgan fingerprint density at radius 3 is 2.28 bits per heavy atom. The molecule has 0 saturated carbocycles. The van der Waals surface area contributed by atoms with Crippen LogP contribution in [0, 0.1) is 5.82 Å². The van der Waals surface area contributed by atoms with Crippen LogP contribution in [-0.4, -0.2) is 19.4 Å². The van der Waals surface area contributed by atoms with Crippen LogP contribution in [0.2, 0.25) is 0 Å². The minimum absolute atomic E-state index is 0.108. The van der Waals surface area contributed by atoms with Crippen molar-refractivity contribution in [1.82, 2.24) is 4.72 Å². The maximum Gasteiger partial charge on any atom is 0.240 e. The molecule has 0 aliphatic carbocycles. The maximum absolute atomic E-state index is 12.7. The second-order valence-corrected chi connectivity index (χ2v) is 6.80. The Morgan fingerprint density at radius 2 is 1.67 bits per heavy atom. The van der Waals surface area contributed by atoms with E-state index in [9.17, 15) is 12.8 Å². The third-order valence-corrected chi connectivity index (χ3v) is 4.72. The van der Waals surface area contributed by atoms with Gasteiger partial charge in [-0.25, -0.2) is 17.5 Å². The topological polar surface area (TPSA) is 46.2 Å². The summed E-state index contributed by atoms with van der Waals surface area (Å²) in [5.74, 6) is -0.437. The van der Waals surface area contributed by atoms with E-state index in [2.05, 4.69) is 27.3 Å². The average molecular weight is 385 g/mol. The molecule has 0 aliphatic heterocycles.